The Morgan fingerprint density at radius 1 is 1.31 bits per heavy atom. The van der Waals surface area contributed by atoms with E-state index in [0.717, 1.165) is 0 Å². The highest BCUT2D eigenvalue weighted by atomic mass is 16.5. The first-order chi connectivity index (χ1) is 7.51. The molecule has 0 aliphatic carbocycles. The third-order valence-electron chi connectivity index (χ3n) is 2.02. The summed E-state index contributed by atoms with van der Waals surface area (Å²) in [5, 5.41) is 7.48. The Morgan fingerprint density at radius 2 is 1.94 bits per heavy atom. The molecule has 0 aliphatic rings. The Kier molecular flexibility index (Phi) is 7.49. The van der Waals surface area contributed by atoms with Crippen LogP contribution in [0.3, 0.4) is 0 Å². The van der Waals surface area contributed by atoms with E-state index in [1.54, 1.807) is 6.92 Å². The van der Waals surface area contributed by atoms with Crippen molar-refractivity contribution >= 4 is 11.9 Å². The molecular weight excluding hydrogens is 210 g/mol. The molecule has 2 unspecified atom stereocenters. The number of rotatable bonds is 6. The van der Waals surface area contributed by atoms with Gasteiger partial charge >= 0.3 is 6.03 Å². The predicted molar refractivity (Wildman–Crippen MR) is 61.2 cm³/mol. The smallest absolute Gasteiger partial charge is 0.321 e. The first kappa shape index (κ1) is 14.9. The molecule has 0 bridgehead atoms. The summed E-state index contributed by atoms with van der Waals surface area (Å²) < 4.78 is 5.30. The Bertz CT molecular complexity index is 233. The van der Waals surface area contributed by atoms with E-state index in [9.17, 15) is 9.59 Å². The number of urea groups is 1. The zero-order chi connectivity index (χ0) is 12.6. The van der Waals surface area contributed by atoms with Crippen LogP contribution in [0.5, 0.6) is 0 Å². The highest BCUT2D eigenvalue weighted by Crippen LogP contribution is 1.90. The second-order valence-corrected chi connectivity index (χ2v) is 3.46. The molecule has 3 amide bonds. The molecule has 2 atom stereocenters. The van der Waals surface area contributed by atoms with Crippen molar-refractivity contribution in [2.45, 2.75) is 32.9 Å². The van der Waals surface area contributed by atoms with Crippen molar-refractivity contribution in [2.75, 3.05) is 20.2 Å². The van der Waals surface area contributed by atoms with Crippen LogP contribution >= 0.6 is 0 Å². The highest BCUT2D eigenvalue weighted by Gasteiger charge is 2.15. The summed E-state index contributed by atoms with van der Waals surface area (Å²) >= 11 is 0. The maximum absolute atomic E-state index is 11.4. The Labute approximate surface area is 96.1 Å². The number of ether oxygens (including phenoxy) is 1. The van der Waals surface area contributed by atoms with Gasteiger partial charge in [-0.15, -0.1) is 0 Å². The second-order valence-electron chi connectivity index (χ2n) is 3.46. The highest BCUT2D eigenvalue weighted by molar-refractivity contribution is 5.96. The molecule has 0 radical (unpaired) electrons. The maximum Gasteiger partial charge on any atom is 0.321 e. The van der Waals surface area contributed by atoms with E-state index >= 15 is 0 Å². The van der Waals surface area contributed by atoms with E-state index in [0.29, 0.717) is 13.2 Å². The van der Waals surface area contributed by atoms with Gasteiger partial charge in [-0.1, -0.05) is 0 Å². The molecule has 0 aromatic carbocycles. The molecule has 16 heavy (non-hydrogen) atoms. The lowest BCUT2D eigenvalue weighted by molar-refractivity contribution is -0.121. The van der Waals surface area contributed by atoms with Crippen LogP contribution in [0, 0.1) is 0 Å². The van der Waals surface area contributed by atoms with Crippen molar-refractivity contribution in [3.8, 4) is 0 Å². The summed E-state index contributed by atoms with van der Waals surface area (Å²) in [7, 11) is 1.46. The number of hydrogen-bond donors (Lipinski definition) is 3. The van der Waals surface area contributed by atoms with Gasteiger partial charge in [0.1, 0.15) is 0 Å². The fraction of sp³-hybridized carbons (Fsp3) is 0.800. The second kappa shape index (κ2) is 8.06. The lowest BCUT2D eigenvalue weighted by Crippen LogP contribution is -2.48. The minimum absolute atomic E-state index is 0.0419. The minimum atomic E-state index is -0.503. The van der Waals surface area contributed by atoms with Crippen molar-refractivity contribution in [1.29, 1.82) is 0 Å². The Morgan fingerprint density at radius 3 is 2.44 bits per heavy atom. The van der Waals surface area contributed by atoms with Crippen molar-refractivity contribution in [2.24, 2.45) is 0 Å². The van der Waals surface area contributed by atoms with Gasteiger partial charge in [0, 0.05) is 20.2 Å². The van der Waals surface area contributed by atoms with E-state index in [1.807, 2.05) is 13.8 Å². The molecule has 3 N–H and O–H groups in total. The Hall–Kier alpha value is -1.14. The van der Waals surface area contributed by atoms with Crippen molar-refractivity contribution < 1.29 is 14.3 Å². The lowest BCUT2D eigenvalue weighted by atomic mass is 10.3. The molecule has 94 valence electrons. The molecule has 0 saturated heterocycles. The van der Waals surface area contributed by atoms with Crippen LogP contribution in [0.15, 0.2) is 0 Å². The first-order valence-corrected chi connectivity index (χ1v) is 5.38. The molecule has 0 spiro atoms. The fourth-order valence-corrected chi connectivity index (χ4v) is 1.06. The summed E-state index contributed by atoms with van der Waals surface area (Å²) in [5.41, 5.74) is 0. The molecular formula is C10H21N3O3. The van der Waals surface area contributed by atoms with E-state index in [-0.39, 0.29) is 12.0 Å². The van der Waals surface area contributed by atoms with Crippen molar-refractivity contribution in [3.05, 3.63) is 0 Å². The average Bonchev–Trinajstić information content (AvgIpc) is 2.25. The number of nitrogens with one attached hydrogen (secondary N) is 3. The van der Waals surface area contributed by atoms with Gasteiger partial charge in [-0.2, -0.15) is 0 Å². The van der Waals surface area contributed by atoms with Gasteiger partial charge < -0.3 is 15.4 Å². The van der Waals surface area contributed by atoms with Crippen LogP contribution < -0.4 is 16.0 Å². The van der Waals surface area contributed by atoms with Crippen LogP contribution in [0.4, 0.5) is 4.79 Å². The molecule has 0 rings (SSSR count). The van der Waals surface area contributed by atoms with E-state index in [2.05, 4.69) is 16.0 Å². The van der Waals surface area contributed by atoms with Gasteiger partial charge in [-0.05, 0) is 20.8 Å². The quantitative estimate of drug-likeness (QED) is 0.593. The lowest BCUT2D eigenvalue weighted by Gasteiger charge is -2.17. The third kappa shape index (κ3) is 6.36. The van der Waals surface area contributed by atoms with Gasteiger partial charge in [0.05, 0.1) is 12.1 Å². The van der Waals surface area contributed by atoms with Crippen LogP contribution in [-0.4, -0.2) is 44.3 Å². The largest absolute Gasteiger partial charge is 0.377 e. The SMILES string of the molecule is CCOC(C)CNC(C)C(=O)NC(=O)NC. The molecule has 6 heteroatoms. The normalized spacial score (nSPS) is 14.0. The predicted octanol–water partition coefficient (Wildman–Crippen LogP) is -0.155. The maximum atomic E-state index is 11.4. The van der Waals surface area contributed by atoms with Gasteiger partial charge in [-0.25, -0.2) is 4.79 Å². The average molecular weight is 231 g/mol. The zero-order valence-corrected chi connectivity index (χ0v) is 10.3. The molecule has 0 aliphatic heterocycles. The number of carbonyl (C=O) groups excluding carboxylic acids is 2. The number of amides is 3. The summed E-state index contributed by atoms with van der Waals surface area (Å²) in [6, 6.07) is -0.934. The van der Waals surface area contributed by atoms with E-state index < -0.39 is 12.1 Å². The first-order valence-electron chi connectivity index (χ1n) is 5.38. The van der Waals surface area contributed by atoms with Gasteiger partial charge in [0.2, 0.25) is 5.91 Å². The van der Waals surface area contributed by atoms with E-state index in [1.165, 1.54) is 7.05 Å². The summed E-state index contributed by atoms with van der Waals surface area (Å²) in [4.78, 5) is 22.3. The molecule has 0 aromatic rings. The van der Waals surface area contributed by atoms with Crippen LogP contribution in [0.2, 0.25) is 0 Å². The monoisotopic (exact) mass is 231 g/mol. The zero-order valence-electron chi connectivity index (χ0n) is 10.3. The van der Waals surface area contributed by atoms with Crippen molar-refractivity contribution in [3.63, 3.8) is 0 Å². The van der Waals surface area contributed by atoms with Crippen molar-refractivity contribution in [1.82, 2.24) is 16.0 Å². The summed E-state index contributed by atoms with van der Waals surface area (Å²) in [5.74, 6) is -0.358. The molecule has 0 aromatic heterocycles. The summed E-state index contributed by atoms with van der Waals surface area (Å²) in [6.45, 7) is 6.73. The van der Waals surface area contributed by atoms with E-state index in [4.69, 9.17) is 4.74 Å². The summed E-state index contributed by atoms with van der Waals surface area (Å²) in [6.07, 6.45) is 0.0419. The van der Waals surface area contributed by atoms with Crippen LogP contribution in [0.1, 0.15) is 20.8 Å². The standard InChI is InChI=1S/C10H21N3O3/c1-5-16-7(2)6-12-8(3)9(14)13-10(15)11-4/h7-8,12H,5-6H2,1-4H3,(H2,11,13,14,15). The molecule has 0 heterocycles. The minimum Gasteiger partial charge on any atom is -0.377 e. The van der Waals surface area contributed by atoms with Gasteiger partial charge in [-0.3, -0.25) is 10.1 Å². The van der Waals surface area contributed by atoms with Gasteiger partial charge in [0.15, 0.2) is 0 Å². The molecule has 0 fully saturated rings. The molecule has 0 saturated carbocycles. The van der Waals surface area contributed by atoms with Crippen LogP contribution in [0.25, 0.3) is 0 Å². The molecule has 6 nitrogen and oxygen atoms in total. The fourth-order valence-electron chi connectivity index (χ4n) is 1.06. The topological polar surface area (TPSA) is 79.5 Å². The third-order valence-corrected chi connectivity index (χ3v) is 2.02. The Balaban J connectivity index is 3.83. The number of imide groups is 1. The van der Waals surface area contributed by atoms with Gasteiger partial charge in [0.25, 0.3) is 0 Å². The van der Waals surface area contributed by atoms with Crippen LogP contribution in [-0.2, 0) is 9.53 Å². The number of carbonyl (C=O) groups is 2. The number of hydrogen-bond acceptors (Lipinski definition) is 4.